The minimum absolute atomic E-state index is 0.0171. The summed E-state index contributed by atoms with van der Waals surface area (Å²) in [7, 11) is -3.84. The zero-order valence-corrected chi connectivity index (χ0v) is 18.4. The lowest BCUT2D eigenvalue weighted by atomic mass is 10.1. The van der Waals surface area contributed by atoms with Crippen molar-refractivity contribution in [2.45, 2.75) is 18.7 Å². The third-order valence-electron chi connectivity index (χ3n) is 5.02. The smallest absolute Gasteiger partial charge is 0.261 e. The molecule has 0 spiro atoms. The molecule has 1 aromatic heterocycles. The molecular formula is C24H22N4O3S. The van der Waals surface area contributed by atoms with E-state index in [1.54, 1.807) is 43.5 Å². The largest absolute Gasteiger partial charge is 0.322 e. The molecular weight excluding hydrogens is 424 g/mol. The number of aromatic nitrogens is 2. The molecule has 0 atom stereocenters. The number of carbonyl (C=O) groups excluding carboxylic acids is 1. The molecule has 7 nitrogen and oxygen atoms in total. The Bertz CT molecular complexity index is 1350. The Morgan fingerprint density at radius 3 is 2.22 bits per heavy atom. The molecule has 8 heteroatoms. The van der Waals surface area contributed by atoms with E-state index in [0.29, 0.717) is 16.9 Å². The van der Waals surface area contributed by atoms with Crippen molar-refractivity contribution in [3.8, 4) is 11.3 Å². The Balaban J connectivity index is 1.54. The van der Waals surface area contributed by atoms with Gasteiger partial charge in [0.1, 0.15) is 0 Å². The highest BCUT2D eigenvalue weighted by atomic mass is 32.2. The van der Waals surface area contributed by atoms with E-state index in [9.17, 15) is 13.2 Å². The van der Waals surface area contributed by atoms with E-state index in [1.807, 2.05) is 37.3 Å². The molecule has 0 unspecified atom stereocenters. The van der Waals surface area contributed by atoms with Crippen LogP contribution in [0.4, 0.5) is 11.4 Å². The van der Waals surface area contributed by atoms with Gasteiger partial charge in [0.05, 0.1) is 10.6 Å². The van der Waals surface area contributed by atoms with Crippen LogP contribution in [0.5, 0.6) is 0 Å². The van der Waals surface area contributed by atoms with Crippen LogP contribution in [0.1, 0.15) is 21.5 Å². The molecule has 1 heterocycles. The molecule has 3 aromatic carbocycles. The average Bonchev–Trinajstić information content (AvgIpc) is 3.31. The Hall–Kier alpha value is -3.91. The highest BCUT2D eigenvalue weighted by Gasteiger charge is 2.18. The van der Waals surface area contributed by atoms with Gasteiger partial charge in [-0.3, -0.25) is 14.6 Å². The van der Waals surface area contributed by atoms with E-state index in [-0.39, 0.29) is 16.4 Å². The molecule has 0 fully saturated rings. The Morgan fingerprint density at radius 1 is 0.875 bits per heavy atom. The lowest BCUT2D eigenvalue weighted by Crippen LogP contribution is -2.17. The maximum absolute atomic E-state index is 12.9. The molecule has 4 rings (SSSR count). The zero-order valence-electron chi connectivity index (χ0n) is 17.6. The quantitative estimate of drug-likeness (QED) is 0.398. The SMILES string of the molecule is Cc1ccc(NS(=O)(=O)c2ccc(C)c(C(=O)Nc3ccc(-c4ccn[nH]4)cc3)c2)cc1. The number of aryl methyl sites for hydroxylation is 2. The number of hydrogen-bond donors (Lipinski definition) is 3. The van der Waals surface area contributed by atoms with Crippen molar-refractivity contribution in [1.29, 1.82) is 0 Å². The van der Waals surface area contributed by atoms with Gasteiger partial charge in [-0.1, -0.05) is 35.9 Å². The van der Waals surface area contributed by atoms with Crippen LogP contribution in [-0.4, -0.2) is 24.5 Å². The van der Waals surface area contributed by atoms with E-state index in [1.165, 1.54) is 12.1 Å². The van der Waals surface area contributed by atoms with Crippen LogP contribution < -0.4 is 10.0 Å². The first-order valence-electron chi connectivity index (χ1n) is 9.93. The first-order chi connectivity index (χ1) is 15.3. The molecule has 162 valence electrons. The van der Waals surface area contributed by atoms with Gasteiger partial charge in [0.25, 0.3) is 15.9 Å². The van der Waals surface area contributed by atoms with Crippen LogP contribution in [0, 0.1) is 13.8 Å². The summed E-state index contributed by atoms with van der Waals surface area (Å²) in [5, 5.41) is 9.64. The zero-order chi connectivity index (χ0) is 22.7. The maximum atomic E-state index is 12.9. The van der Waals surface area contributed by atoms with Crippen molar-refractivity contribution >= 4 is 27.3 Å². The summed E-state index contributed by atoms with van der Waals surface area (Å²) in [6.45, 7) is 3.69. The summed E-state index contributed by atoms with van der Waals surface area (Å²) in [5.41, 5.74) is 4.85. The Labute approximate surface area is 186 Å². The van der Waals surface area contributed by atoms with Gasteiger partial charge in [-0.05, 0) is 67.4 Å². The molecule has 0 aliphatic heterocycles. The summed E-state index contributed by atoms with van der Waals surface area (Å²) in [5.74, 6) is -0.385. The molecule has 4 aromatic rings. The normalized spacial score (nSPS) is 11.2. The number of hydrogen-bond acceptors (Lipinski definition) is 4. The number of anilines is 2. The third kappa shape index (κ3) is 4.70. The summed E-state index contributed by atoms with van der Waals surface area (Å²) in [6.07, 6.45) is 1.67. The topological polar surface area (TPSA) is 104 Å². The van der Waals surface area contributed by atoms with Crippen LogP contribution in [0.15, 0.2) is 83.9 Å². The fourth-order valence-electron chi connectivity index (χ4n) is 3.20. The molecule has 3 N–H and O–H groups in total. The number of rotatable bonds is 6. The number of sulfonamides is 1. The second kappa shape index (κ2) is 8.68. The summed E-state index contributed by atoms with van der Waals surface area (Å²) < 4.78 is 28.2. The molecule has 0 aliphatic rings. The second-order valence-electron chi connectivity index (χ2n) is 7.45. The van der Waals surface area contributed by atoms with Crippen molar-refractivity contribution < 1.29 is 13.2 Å². The van der Waals surface area contributed by atoms with Gasteiger partial charge in [0, 0.05) is 23.1 Å². The standard InChI is InChI=1S/C24H22N4O3S/c1-16-3-8-20(9-4-16)28-32(30,31)21-12-5-17(2)22(15-21)24(29)26-19-10-6-18(7-11-19)23-13-14-25-27-23/h3-15,28H,1-2H3,(H,25,27)(H,26,29). The van der Waals surface area contributed by atoms with Gasteiger partial charge in [0.15, 0.2) is 0 Å². The number of carbonyl (C=O) groups is 1. The van der Waals surface area contributed by atoms with Gasteiger partial charge in [-0.25, -0.2) is 8.42 Å². The van der Waals surface area contributed by atoms with Gasteiger partial charge in [-0.2, -0.15) is 5.10 Å². The van der Waals surface area contributed by atoms with Gasteiger partial charge >= 0.3 is 0 Å². The summed E-state index contributed by atoms with van der Waals surface area (Å²) in [6, 6.07) is 20.7. The van der Waals surface area contributed by atoms with Crippen molar-refractivity contribution in [2.75, 3.05) is 10.0 Å². The van der Waals surface area contributed by atoms with E-state index in [4.69, 9.17) is 0 Å². The highest BCUT2D eigenvalue weighted by Crippen LogP contribution is 2.22. The molecule has 0 saturated heterocycles. The van der Waals surface area contributed by atoms with Crippen molar-refractivity contribution in [2.24, 2.45) is 0 Å². The lowest BCUT2D eigenvalue weighted by Gasteiger charge is -2.12. The first-order valence-corrected chi connectivity index (χ1v) is 11.4. The number of aromatic amines is 1. The van der Waals surface area contributed by atoms with Crippen molar-refractivity contribution in [3.63, 3.8) is 0 Å². The van der Waals surface area contributed by atoms with Crippen molar-refractivity contribution in [1.82, 2.24) is 10.2 Å². The van der Waals surface area contributed by atoms with Gasteiger partial charge in [0.2, 0.25) is 0 Å². The Kier molecular flexibility index (Phi) is 5.79. The molecule has 0 aliphatic carbocycles. The van der Waals surface area contributed by atoms with Crippen LogP contribution in [0.3, 0.4) is 0 Å². The predicted molar refractivity (Wildman–Crippen MR) is 125 cm³/mol. The molecule has 32 heavy (non-hydrogen) atoms. The second-order valence-corrected chi connectivity index (χ2v) is 9.13. The number of amides is 1. The predicted octanol–water partition coefficient (Wildman–Crippen LogP) is 4.75. The van der Waals surface area contributed by atoms with Crippen LogP contribution in [0.2, 0.25) is 0 Å². The Morgan fingerprint density at radius 2 is 1.56 bits per heavy atom. The van der Waals surface area contributed by atoms with Crippen LogP contribution >= 0.6 is 0 Å². The minimum atomic E-state index is -3.84. The van der Waals surface area contributed by atoms with E-state index < -0.39 is 10.0 Å². The maximum Gasteiger partial charge on any atom is 0.261 e. The summed E-state index contributed by atoms with van der Waals surface area (Å²) in [4.78, 5) is 12.9. The van der Waals surface area contributed by atoms with E-state index >= 15 is 0 Å². The van der Waals surface area contributed by atoms with Crippen molar-refractivity contribution in [3.05, 3.63) is 95.7 Å². The molecule has 1 amide bonds. The first kappa shape index (κ1) is 21.3. The number of H-pyrrole nitrogens is 1. The molecule has 0 saturated carbocycles. The average molecular weight is 447 g/mol. The van der Waals surface area contributed by atoms with Crippen LogP contribution in [-0.2, 0) is 10.0 Å². The molecule has 0 bridgehead atoms. The monoisotopic (exact) mass is 446 g/mol. The minimum Gasteiger partial charge on any atom is -0.322 e. The number of benzene rings is 3. The van der Waals surface area contributed by atoms with E-state index in [0.717, 1.165) is 16.8 Å². The lowest BCUT2D eigenvalue weighted by molar-refractivity contribution is 0.102. The fraction of sp³-hybridized carbons (Fsp3) is 0.0833. The van der Waals surface area contributed by atoms with Gasteiger partial charge < -0.3 is 5.32 Å². The third-order valence-corrected chi connectivity index (χ3v) is 6.40. The van der Waals surface area contributed by atoms with Gasteiger partial charge in [-0.15, -0.1) is 0 Å². The molecule has 0 radical (unpaired) electrons. The highest BCUT2D eigenvalue weighted by molar-refractivity contribution is 7.92. The fourth-order valence-corrected chi connectivity index (χ4v) is 4.28. The van der Waals surface area contributed by atoms with E-state index in [2.05, 4.69) is 20.2 Å². The number of nitrogens with zero attached hydrogens (tertiary/aromatic N) is 1. The number of nitrogens with one attached hydrogen (secondary N) is 3. The van der Waals surface area contributed by atoms with Crippen LogP contribution in [0.25, 0.3) is 11.3 Å². The summed E-state index contributed by atoms with van der Waals surface area (Å²) >= 11 is 0.